The van der Waals surface area contributed by atoms with E-state index in [1.807, 2.05) is 65.6 Å². The van der Waals surface area contributed by atoms with Crippen molar-refractivity contribution < 1.29 is 4.39 Å². The second kappa shape index (κ2) is 10.8. The first-order chi connectivity index (χ1) is 19.1. The molecule has 0 bridgehead atoms. The summed E-state index contributed by atoms with van der Waals surface area (Å²) >= 11 is 0. The summed E-state index contributed by atoms with van der Waals surface area (Å²) in [6, 6.07) is 24.5. The van der Waals surface area contributed by atoms with Crippen molar-refractivity contribution in [2.75, 3.05) is 31.1 Å². The largest absolute Gasteiger partial charge is 0.367 e. The van der Waals surface area contributed by atoms with Crippen LogP contribution in [-0.4, -0.2) is 56.3 Å². The minimum atomic E-state index is -0.468. The number of nitrogens with one attached hydrogen (secondary N) is 1. The predicted molar refractivity (Wildman–Crippen MR) is 149 cm³/mol. The van der Waals surface area contributed by atoms with Crippen LogP contribution < -0.4 is 10.5 Å². The molecule has 6 rings (SSSR count). The van der Waals surface area contributed by atoms with Crippen LogP contribution in [0.15, 0.2) is 83.7 Å². The fourth-order valence-corrected chi connectivity index (χ4v) is 5.40. The average molecular weight is 524 g/mol. The maximum Gasteiger partial charge on any atom is 0.253 e. The number of hydrogen-bond donors (Lipinski definition) is 1. The number of benzene rings is 3. The number of aryl methyl sites for hydroxylation is 1. The second-order valence-electron chi connectivity index (χ2n) is 9.89. The summed E-state index contributed by atoms with van der Waals surface area (Å²) in [4.78, 5) is 20.9. The number of piperazine rings is 1. The van der Waals surface area contributed by atoms with Crippen molar-refractivity contribution in [3.63, 3.8) is 0 Å². The van der Waals surface area contributed by atoms with Gasteiger partial charge < -0.3 is 9.88 Å². The maximum absolute atomic E-state index is 14.5. The number of nitrogens with zero attached hydrogens (tertiary/aromatic N) is 6. The van der Waals surface area contributed by atoms with Crippen LogP contribution in [0, 0.1) is 5.82 Å². The summed E-state index contributed by atoms with van der Waals surface area (Å²) in [6.45, 7) is 5.06. The van der Waals surface area contributed by atoms with E-state index in [9.17, 15) is 9.18 Å². The van der Waals surface area contributed by atoms with Crippen molar-refractivity contribution in [3.8, 4) is 0 Å². The zero-order valence-corrected chi connectivity index (χ0v) is 21.8. The lowest BCUT2D eigenvalue weighted by Crippen LogP contribution is -2.49. The van der Waals surface area contributed by atoms with Crippen molar-refractivity contribution in [2.45, 2.75) is 25.9 Å². The van der Waals surface area contributed by atoms with Gasteiger partial charge in [-0.2, -0.15) is 0 Å². The molecule has 0 radical (unpaired) electrons. The minimum absolute atomic E-state index is 0.164. The molecule has 0 amide bonds. The van der Waals surface area contributed by atoms with Crippen LogP contribution in [0.1, 0.15) is 35.5 Å². The third kappa shape index (κ3) is 5.05. The van der Waals surface area contributed by atoms with Crippen LogP contribution in [0.4, 0.5) is 10.1 Å². The molecule has 8 nitrogen and oxygen atoms in total. The molecule has 1 aliphatic heterocycles. The summed E-state index contributed by atoms with van der Waals surface area (Å²) < 4.78 is 16.3. The molecule has 0 spiro atoms. The number of rotatable bonds is 7. The Morgan fingerprint density at radius 1 is 0.923 bits per heavy atom. The topological polar surface area (TPSA) is 82.9 Å². The highest BCUT2D eigenvalue weighted by atomic mass is 19.1. The van der Waals surface area contributed by atoms with Gasteiger partial charge in [0.15, 0.2) is 5.82 Å². The number of pyridine rings is 1. The van der Waals surface area contributed by atoms with Gasteiger partial charge >= 0.3 is 0 Å². The Morgan fingerprint density at radius 3 is 2.46 bits per heavy atom. The van der Waals surface area contributed by atoms with Gasteiger partial charge in [-0.15, -0.1) is 5.10 Å². The van der Waals surface area contributed by atoms with Gasteiger partial charge in [0, 0.05) is 37.3 Å². The van der Waals surface area contributed by atoms with Crippen LogP contribution in [0.3, 0.4) is 0 Å². The van der Waals surface area contributed by atoms with Crippen LogP contribution in [0.5, 0.6) is 0 Å². The number of H-pyrrole nitrogens is 1. The van der Waals surface area contributed by atoms with E-state index in [2.05, 4.69) is 38.4 Å². The Morgan fingerprint density at radius 2 is 1.69 bits per heavy atom. The van der Waals surface area contributed by atoms with Gasteiger partial charge in [0.1, 0.15) is 11.9 Å². The summed E-state index contributed by atoms with van der Waals surface area (Å²) in [5, 5.41) is 13.7. The number of tetrazole rings is 1. The predicted octanol–water partition coefficient (Wildman–Crippen LogP) is 4.18. The summed E-state index contributed by atoms with van der Waals surface area (Å²) in [5.41, 5.74) is 4.09. The van der Waals surface area contributed by atoms with Crippen LogP contribution >= 0.6 is 0 Å². The Kier molecular flexibility index (Phi) is 6.89. The highest BCUT2D eigenvalue weighted by molar-refractivity contribution is 5.80. The molecule has 9 heteroatoms. The molecule has 0 saturated carbocycles. The molecule has 1 aliphatic rings. The summed E-state index contributed by atoms with van der Waals surface area (Å²) in [5.74, 6) is 0.377. The van der Waals surface area contributed by atoms with E-state index >= 15 is 0 Å². The van der Waals surface area contributed by atoms with Gasteiger partial charge in [0.05, 0.1) is 12.2 Å². The van der Waals surface area contributed by atoms with Gasteiger partial charge in [-0.05, 0) is 63.7 Å². The quantitative estimate of drug-likeness (QED) is 0.345. The third-order valence-electron chi connectivity index (χ3n) is 7.49. The van der Waals surface area contributed by atoms with Gasteiger partial charge in [0.2, 0.25) is 0 Å². The van der Waals surface area contributed by atoms with Gasteiger partial charge in [-0.3, -0.25) is 9.69 Å². The number of hydrogen-bond acceptors (Lipinski definition) is 6. The molecule has 1 atom stereocenters. The van der Waals surface area contributed by atoms with E-state index in [0.29, 0.717) is 49.8 Å². The monoisotopic (exact) mass is 523 g/mol. The smallest absolute Gasteiger partial charge is 0.253 e. The summed E-state index contributed by atoms with van der Waals surface area (Å²) in [6.07, 6.45) is 0.904. The van der Waals surface area contributed by atoms with Gasteiger partial charge in [-0.1, -0.05) is 55.5 Å². The molecule has 39 heavy (non-hydrogen) atoms. The molecule has 1 saturated heterocycles. The summed E-state index contributed by atoms with van der Waals surface area (Å²) in [7, 11) is 0. The van der Waals surface area contributed by atoms with Crippen LogP contribution in [-0.2, 0) is 13.0 Å². The molecule has 3 aromatic carbocycles. The Balaban J connectivity index is 1.40. The first-order valence-electron chi connectivity index (χ1n) is 13.3. The lowest BCUT2D eigenvalue weighted by molar-refractivity contribution is 0.200. The SMILES string of the molecule is CCc1ccc2[nH]c(=O)c([C@@H](c3nnnn3Cc3ccccc3)N3CCN(c4ccccc4F)CC3)cc2c1. The van der Waals surface area contributed by atoms with Crippen LogP contribution in [0.25, 0.3) is 10.9 Å². The first-order valence-corrected chi connectivity index (χ1v) is 13.3. The first kappa shape index (κ1) is 24.9. The fraction of sp³-hybridized carbons (Fsp3) is 0.267. The van der Waals surface area contributed by atoms with E-state index < -0.39 is 6.04 Å². The van der Waals surface area contributed by atoms with Gasteiger partial charge in [-0.25, -0.2) is 9.07 Å². The van der Waals surface area contributed by atoms with E-state index in [0.717, 1.165) is 22.9 Å². The number of aromatic amines is 1. The Hall–Kier alpha value is -4.37. The Labute approximate surface area is 225 Å². The van der Waals surface area contributed by atoms with Crippen LogP contribution in [0.2, 0.25) is 0 Å². The molecule has 198 valence electrons. The van der Waals surface area contributed by atoms with E-state index in [4.69, 9.17) is 0 Å². The highest BCUT2D eigenvalue weighted by Gasteiger charge is 2.33. The second-order valence-corrected chi connectivity index (χ2v) is 9.89. The molecule has 1 N–H and O–H groups in total. The van der Waals surface area contributed by atoms with Gasteiger partial charge in [0.25, 0.3) is 5.56 Å². The van der Waals surface area contributed by atoms with Crippen molar-refractivity contribution in [1.82, 2.24) is 30.1 Å². The van der Waals surface area contributed by atoms with E-state index in [1.165, 1.54) is 11.6 Å². The van der Waals surface area contributed by atoms with Crippen molar-refractivity contribution in [3.05, 3.63) is 118 Å². The zero-order valence-electron chi connectivity index (χ0n) is 21.8. The number of aromatic nitrogens is 5. The molecule has 0 unspecified atom stereocenters. The molecule has 1 fully saturated rings. The number of anilines is 1. The average Bonchev–Trinajstić information content (AvgIpc) is 3.42. The zero-order chi connectivity index (χ0) is 26.8. The molecular weight excluding hydrogens is 493 g/mol. The normalized spacial score (nSPS) is 15.1. The number of fused-ring (bicyclic) bond motifs is 1. The van der Waals surface area contributed by atoms with E-state index in [1.54, 1.807) is 10.7 Å². The lowest BCUT2D eigenvalue weighted by Gasteiger charge is -2.39. The van der Waals surface area contributed by atoms with Crippen molar-refractivity contribution in [1.29, 1.82) is 0 Å². The van der Waals surface area contributed by atoms with Crippen molar-refractivity contribution >= 4 is 16.6 Å². The molecule has 3 heterocycles. The fourth-order valence-electron chi connectivity index (χ4n) is 5.40. The standard InChI is InChI=1S/C30H30FN7O/c1-2-21-12-13-26-23(18-21)19-24(30(39)32-26)28(29-33-34-35-38(29)20-22-8-4-3-5-9-22)37-16-14-36(15-17-37)27-11-7-6-10-25(27)31/h3-13,18-19,28H,2,14-17,20H2,1H3,(H,32,39)/t28-/m0/s1. The Bertz CT molecular complexity index is 1640. The maximum atomic E-state index is 14.5. The third-order valence-corrected chi connectivity index (χ3v) is 7.49. The number of para-hydroxylation sites is 1. The molecular formula is C30H30FN7O. The number of halogens is 1. The molecule has 0 aliphatic carbocycles. The minimum Gasteiger partial charge on any atom is -0.367 e. The molecule has 5 aromatic rings. The van der Waals surface area contributed by atoms with E-state index in [-0.39, 0.29) is 11.4 Å². The molecule has 2 aromatic heterocycles. The lowest BCUT2D eigenvalue weighted by atomic mass is 10.0. The highest BCUT2D eigenvalue weighted by Crippen LogP contribution is 2.30. The van der Waals surface area contributed by atoms with Crippen molar-refractivity contribution in [2.24, 2.45) is 0 Å².